The standard InChI is InChI=1S/C7H11ClO/c1-2-7(9)5-3-4-6(7)8/h2,6,9H,1,3-5H2. The fraction of sp³-hybridized carbons (Fsp3) is 0.714. The first-order valence-corrected chi connectivity index (χ1v) is 3.63. The number of hydrogen-bond donors (Lipinski definition) is 1. The van der Waals surface area contributed by atoms with Crippen molar-refractivity contribution in [1.29, 1.82) is 0 Å². The highest BCUT2D eigenvalue weighted by atomic mass is 35.5. The number of rotatable bonds is 1. The minimum absolute atomic E-state index is 0.116. The molecule has 0 aromatic heterocycles. The fourth-order valence-electron chi connectivity index (χ4n) is 1.20. The van der Waals surface area contributed by atoms with Gasteiger partial charge in [-0.1, -0.05) is 6.08 Å². The first kappa shape index (κ1) is 7.10. The minimum atomic E-state index is -0.776. The average molecular weight is 147 g/mol. The molecule has 1 aliphatic carbocycles. The highest BCUT2D eigenvalue weighted by Gasteiger charge is 2.36. The Balaban J connectivity index is 2.66. The Bertz CT molecular complexity index is 124. The normalized spacial score (nSPS) is 43.1. The zero-order valence-corrected chi connectivity index (χ0v) is 6.06. The SMILES string of the molecule is C=CC1(O)CCCC1Cl. The summed E-state index contributed by atoms with van der Waals surface area (Å²) in [4.78, 5) is 0. The predicted molar refractivity (Wildman–Crippen MR) is 38.6 cm³/mol. The van der Waals surface area contributed by atoms with Crippen LogP contribution < -0.4 is 0 Å². The summed E-state index contributed by atoms with van der Waals surface area (Å²) < 4.78 is 0. The molecule has 0 aliphatic heterocycles. The lowest BCUT2D eigenvalue weighted by molar-refractivity contribution is 0.103. The molecule has 0 heterocycles. The zero-order valence-electron chi connectivity index (χ0n) is 5.31. The Morgan fingerprint density at radius 1 is 1.78 bits per heavy atom. The van der Waals surface area contributed by atoms with Gasteiger partial charge in [-0.2, -0.15) is 0 Å². The lowest BCUT2D eigenvalue weighted by Crippen LogP contribution is -2.30. The Hall–Kier alpha value is -0.0100. The van der Waals surface area contributed by atoms with Crippen LogP contribution >= 0.6 is 11.6 Å². The van der Waals surface area contributed by atoms with Crippen LogP contribution in [0.15, 0.2) is 12.7 Å². The van der Waals surface area contributed by atoms with E-state index in [1.807, 2.05) is 0 Å². The molecule has 0 amide bonds. The maximum atomic E-state index is 9.52. The van der Waals surface area contributed by atoms with Gasteiger partial charge in [0.2, 0.25) is 0 Å². The third kappa shape index (κ3) is 1.12. The third-order valence-corrected chi connectivity index (χ3v) is 2.53. The van der Waals surface area contributed by atoms with Crippen LogP contribution in [0.5, 0.6) is 0 Å². The summed E-state index contributed by atoms with van der Waals surface area (Å²) in [6.07, 6.45) is 4.24. The third-order valence-electron chi connectivity index (χ3n) is 1.93. The quantitative estimate of drug-likeness (QED) is 0.441. The Morgan fingerprint density at radius 2 is 2.44 bits per heavy atom. The summed E-state index contributed by atoms with van der Waals surface area (Å²) >= 11 is 5.80. The summed E-state index contributed by atoms with van der Waals surface area (Å²) in [5.41, 5.74) is -0.776. The van der Waals surface area contributed by atoms with Crippen LogP contribution in [0.25, 0.3) is 0 Å². The van der Waals surface area contributed by atoms with Crippen molar-refractivity contribution in [2.45, 2.75) is 30.2 Å². The molecule has 2 unspecified atom stereocenters. The molecule has 0 spiro atoms. The van der Waals surface area contributed by atoms with Crippen LogP contribution in [0.2, 0.25) is 0 Å². The van der Waals surface area contributed by atoms with Gasteiger partial charge in [0.05, 0.1) is 11.0 Å². The lowest BCUT2D eigenvalue weighted by atomic mass is 10.0. The number of aliphatic hydroxyl groups is 1. The van der Waals surface area contributed by atoms with Crippen molar-refractivity contribution >= 4 is 11.6 Å². The van der Waals surface area contributed by atoms with Crippen LogP contribution in [0, 0.1) is 0 Å². The van der Waals surface area contributed by atoms with Gasteiger partial charge < -0.3 is 5.11 Å². The average Bonchev–Trinajstić information content (AvgIpc) is 2.15. The number of hydrogen-bond acceptors (Lipinski definition) is 1. The highest BCUT2D eigenvalue weighted by Crippen LogP contribution is 2.34. The molecular weight excluding hydrogens is 136 g/mol. The van der Waals surface area contributed by atoms with Gasteiger partial charge >= 0.3 is 0 Å². The van der Waals surface area contributed by atoms with Crippen molar-refractivity contribution in [3.05, 3.63) is 12.7 Å². The maximum Gasteiger partial charge on any atom is 0.0987 e. The lowest BCUT2D eigenvalue weighted by Gasteiger charge is -2.20. The van der Waals surface area contributed by atoms with Gasteiger partial charge in [0.1, 0.15) is 0 Å². The molecule has 1 nitrogen and oxygen atoms in total. The van der Waals surface area contributed by atoms with Gasteiger partial charge in [-0.25, -0.2) is 0 Å². The van der Waals surface area contributed by atoms with Gasteiger partial charge in [-0.05, 0) is 19.3 Å². The Kier molecular flexibility index (Phi) is 1.83. The molecule has 1 rings (SSSR count). The monoisotopic (exact) mass is 146 g/mol. The van der Waals surface area contributed by atoms with E-state index in [0.717, 1.165) is 19.3 Å². The van der Waals surface area contributed by atoms with E-state index in [4.69, 9.17) is 11.6 Å². The number of halogens is 1. The highest BCUT2D eigenvalue weighted by molar-refractivity contribution is 6.21. The van der Waals surface area contributed by atoms with E-state index in [-0.39, 0.29) is 5.38 Å². The molecule has 0 saturated heterocycles. The van der Waals surface area contributed by atoms with E-state index in [2.05, 4.69) is 6.58 Å². The van der Waals surface area contributed by atoms with Gasteiger partial charge in [0.25, 0.3) is 0 Å². The number of alkyl halides is 1. The summed E-state index contributed by atoms with van der Waals surface area (Å²) in [5.74, 6) is 0. The van der Waals surface area contributed by atoms with E-state index < -0.39 is 5.60 Å². The minimum Gasteiger partial charge on any atom is -0.384 e. The van der Waals surface area contributed by atoms with Crippen LogP contribution in [0.3, 0.4) is 0 Å². The first-order chi connectivity index (χ1) is 4.19. The molecule has 0 aromatic rings. The van der Waals surface area contributed by atoms with Crippen molar-refractivity contribution in [2.75, 3.05) is 0 Å². The molecule has 1 fully saturated rings. The molecule has 1 N–H and O–H groups in total. The van der Waals surface area contributed by atoms with E-state index in [9.17, 15) is 5.11 Å². The molecule has 1 saturated carbocycles. The second-order valence-corrected chi connectivity index (χ2v) is 3.08. The van der Waals surface area contributed by atoms with Gasteiger partial charge in [0, 0.05) is 0 Å². The molecule has 0 radical (unpaired) electrons. The smallest absolute Gasteiger partial charge is 0.0987 e. The van der Waals surface area contributed by atoms with Crippen LogP contribution in [-0.2, 0) is 0 Å². The first-order valence-electron chi connectivity index (χ1n) is 3.19. The van der Waals surface area contributed by atoms with Gasteiger partial charge in [0.15, 0.2) is 0 Å². The molecular formula is C7H11ClO. The van der Waals surface area contributed by atoms with Gasteiger partial charge in [-0.3, -0.25) is 0 Å². The second-order valence-electron chi connectivity index (χ2n) is 2.56. The van der Waals surface area contributed by atoms with E-state index in [1.54, 1.807) is 6.08 Å². The molecule has 1 aliphatic rings. The van der Waals surface area contributed by atoms with Crippen LogP contribution in [-0.4, -0.2) is 16.1 Å². The molecule has 52 valence electrons. The zero-order chi connectivity index (χ0) is 6.91. The Morgan fingerprint density at radius 3 is 2.67 bits per heavy atom. The van der Waals surface area contributed by atoms with Crippen molar-refractivity contribution in [2.24, 2.45) is 0 Å². The van der Waals surface area contributed by atoms with E-state index in [1.165, 1.54) is 0 Å². The maximum absolute atomic E-state index is 9.52. The van der Waals surface area contributed by atoms with E-state index >= 15 is 0 Å². The van der Waals surface area contributed by atoms with Crippen LogP contribution in [0.1, 0.15) is 19.3 Å². The summed E-state index contributed by atoms with van der Waals surface area (Å²) in [7, 11) is 0. The molecule has 9 heavy (non-hydrogen) atoms. The van der Waals surface area contributed by atoms with Gasteiger partial charge in [-0.15, -0.1) is 18.2 Å². The molecule has 0 aromatic carbocycles. The van der Waals surface area contributed by atoms with E-state index in [0.29, 0.717) is 0 Å². The molecule has 2 atom stereocenters. The topological polar surface area (TPSA) is 20.2 Å². The summed E-state index contributed by atoms with van der Waals surface area (Å²) in [5, 5.41) is 9.40. The fourth-order valence-corrected chi connectivity index (χ4v) is 1.55. The summed E-state index contributed by atoms with van der Waals surface area (Å²) in [6, 6.07) is 0. The van der Waals surface area contributed by atoms with Crippen molar-refractivity contribution in [1.82, 2.24) is 0 Å². The Labute approximate surface area is 60.3 Å². The molecule has 2 heteroatoms. The van der Waals surface area contributed by atoms with Crippen molar-refractivity contribution in [3.63, 3.8) is 0 Å². The van der Waals surface area contributed by atoms with Crippen molar-refractivity contribution in [3.8, 4) is 0 Å². The summed E-state index contributed by atoms with van der Waals surface area (Å²) in [6.45, 7) is 3.53. The second kappa shape index (κ2) is 2.31. The largest absolute Gasteiger partial charge is 0.384 e. The molecule has 0 bridgehead atoms. The van der Waals surface area contributed by atoms with Crippen molar-refractivity contribution < 1.29 is 5.11 Å². The van der Waals surface area contributed by atoms with Crippen LogP contribution in [0.4, 0.5) is 0 Å². The predicted octanol–water partition coefficient (Wildman–Crippen LogP) is 1.69.